The predicted molar refractivity (Wildman–Crippen MR) is 52.9 cm³/mol. The molecule has 0 saturated heterocycles. The summed E-state index contributed by atoms with van der Waals surface area (Å²) in [5.41, 5.74) is -5.10. The van der Waals surface area contributed by atoms with E-state index in [1.807, 2.05) is 0 Å². The fourth-order valence-electron chi connectivity index (χ4n) is 1.28. The first-order chi connectivity index (χ1) is 7.56. The minimum Gasteiger partial charge on any atom is -0.224 e. The maximum atomic E-state index is 13.0. The van der Waals surface area contributed by atoms with Gasteiger partial charge in [-0.25, -0.2) is 4.39 Å². The molecule has 17 heavy (non-hydrogen) atoms. The van der Waals surface area contributed by atoms with Gasteiger partial charge in [-0.3, -0.25) is 0 Å². The van der Waals surface area contributed by atoms with Crippen LogP contribution in [0.2, 0.25) is 0 Å². The predicted octanol–water partition coefficient (Wildman–Crippen LogP) is 4.70. The van der Waals surface area contributed by atoms with E-state index in [2.05, 4.69) is 12.6 Å². The maximum Gasteiger partial charge on any atom is 0.431 e. The van der Waals surface area contributed by atoms with Crippen molar-refractivity contribution in [3.05, 3.63) is 0 Å². The zero-order chi connectivity index (χ0) is 13.7. The van der Waals surface area contributed by atoms with Gasteiger partial charge in [0.15, 0.2) is 0 Å². The Kier molecular flexibility index (Phi) is 6.10. The van der Waals surface area contributed by atoms with E-state index >= 15 is 0 Å². The van der Waals surface area contributed by atoms with Gasteiger partial charge >= 0.3 is 12.4 Å². The van der Waals surface area contributed by atoms with Crippen LogP contribution in [-0.2, 0) is 0 Å². The molecule has 0 atom stereocenters. The number of alkyl halides is 7. The highest BCUT2D eigenvalue weighted by molar-refractivity contribution is 7.80. The molecule has 0 aromatic rings. The van der Waals surface area contributed by atoms with Crippen LogP contribution in [0.15, 0.2) is 0 Å². The average Bonchev–Trinajstić information content (AvgIpc) is 2.13. The molecule has 0 aromatic heterocycles. The van der Waals surface area contributed by atoms with Crippen molar-refractivity contribution in [1.29, 1.82) is 0 Å². The van der Waals surface area contributed by atoms with Crippen LogP contribution < -0.4 is 0 Å². The molecule has 0 N–H and O–H groups in total. The normalized spacial score (nSPS) is 14.1. The minimum absolute atomic E-state index is 0.123. The highest BCUT2D eigenvalue weighted by Crippen LogP contribution is 2.49. The minimum atomic E-state index is -5.92. The highest BCUT2D eigenvalue weighted by atomic mass is 32.1. The number of hydrogen-bond donors (Lipinski definition) is 1. The lowest BCUT2D eigenvalue weighted by molar-refractivity contribution is -0.343. The summed E-state index contributed by atoms with van der Waals surface area (Å²) in [6.07, 6.45) is -12.7. The summed E-state index contributed by atoms with van der Waals surface area (Å²) in [6, 6.07) is 0. The van der Waals surface area contributed by atoms with Crippen molar-refractivity contribution in [2.45, 2.75) is 50.1 Å². The first kappa shape index (κ1) is 16.9. The summed E-state index contributed by atoms with van der Waals surface area (Å²) < 4.78 is 85.5. The van der Waals surface area contributed by atoms with E-state index in [-0.39, 0.29) is 6.42 Å². The Hall–Kier alpha value is -0.140. The Morgan fingerprint density at radius 1 is 0.647 bits per heavy atom. The average molecular weight is 286 g/mol. The number of thiol groups is 1. The molecule has 0 unspecified atom stereocenters. The van der Waals surface area contributed by atoms with Gasteiger partial charge in [-0.15, -0.1) is 0 Å². The molecule has 0 fully saturated rings. The first-order valence-corrected chi connectivity index (χ1v) is 5.63. The smallest absolute Gasteiger partial charge is 0.224 e. The van der Waals surface area contributed by atoms with Crippen molar-refractivity contribution in [3.8, 4) is 0 Å². The van der Waals surface area contributed by atoms with Crippen LogP contribution in [0, 0.1) is 0 Å². The summed E-state index contributed by atoms with van der Waals surface area (Å²) in [5.74, 6) is 0.499. The van der Waals surface area contributed by atoms with Crippen molar-refractivity contribution in [3.63, 3.8) is 0 Å². The van der Waals surface area contributed by atoms with Crippen molar-refractivity contribution in [2.24, 2.45) is 0 Å². The van der Waals surface area contributed by atoms with Gasteiger partial charge < -0.3 is 0 Å². The van der Waals surface area contributed by atoms with E-state index in [4.69, 9.17) is 0 Å². The molecule has 0 aromatic carbocycles. The summed E-state index contributed by atoms with van der Waals surface area (Å²) in [6.45, 7) is 0. The topological polar surface area (TPSA) is 0 Å². The van der Waals surface area contributed by atoms with Gasteiger partial charge in [0.25, 0.3) is 5.67 Å². The van der Waals surface area contributed by atoms with Crippen molar-refractivity contribution >= 4 is 12.6 Å². The fraction of sp³-hybridized carbons (Fsp3) is 1.00. The van der Waals surface area contributed by atoms with Gasteiger partial charge in [-0.2, -0.15) is 39.0 Å². The summed E-state index contributed by atoms with van der Waals surface area (Å²) >= 11 is 3.84. The lowest BCUT2D eigenvalue weighted by Gasteiger charge is -2.29. The van der Waals surface area contributed by atoms with Gasteiger partial charge in [0.05, 0.1) is 0 Å². The molecule has 0 saturated carbocycles. The molecule has 104 valence electrons. The molecule has 0 rings (SSSR count). The standard InChI is InChI=1S/C9H13F7S/c10-7(8(11,12)13,9(14,15)16)5-3-1-2-4-6-17/h17H,1-6H2. The molecule has 0 radical (unpaired) electrons. The molecule has 0 heterocycles. The third-order valence-electron chi connectivity index (χ3n) is 2.33. The van der Waals surface area contributed by atoms with E-state index in [9.17, 15) is 30.7 Å². The molecule has 0 nitrogen and oxygen atoms in total. The lowest BCUT2D eigenvalue weighted by Crippen LogP contribution is -2.53. The maximum absolute atomic E-state index is 13.0. The van der Waals surface area contributed by atoms with Crippen molar-refractivity contribution in [1.82, 2.24) is 0 Å². The molecule has 0 spiro atoms. The number of rotatable bonds is 6. The quantitative estimate of drug-likeness (QED) is 0.408. The Morgan fingerprint density at radius 2 is 1.06 bits per heavy atom. The van der Waals surface area contributed by atoms with E-state index < -0.39 is 30.9 Å². The second kappa shape index (κ2) is 6.15. The van der Waals surface area contributed by atoms with Gasteiger partial charge in [-0.1, -0.05) is 12.8 Å². The second-order valence-electron chi connectivity index (χ2n) is 3.68. The zero-order valence-electron chi connectivity index (χ0n) is 8.84. The highest BCUT2D eigenvalue weighted by Gasteiger charge is 2.71. The zero-order valence-corrected chi connectivity index (χ0v) is 9.73. The third-order valence-corrected chi connectivity index (χ3v) is 2.64. The summed E-state index contributed by atoms with van der Waals surface area (Å²) in [4.78, 5) is 0. The fourth-order valence-corrected chi connectivity index (χ4v) is 1.50. The summed E-state index contributed by atoms with van der Waals surface area (Å²) in [5, 5.41) is 0. The van der Waals surface area contributed by atoms with Crippen LogP contribution in [-0.4, -0.2) is 23.8 Å². The Labute approximate surface area is 100.0 Å². The molecule has 0 aliphatic carbocycles. The molecule has 0 bridgehead atoms. The van der Waals surface area contributed by atoms with Crippen LogP contribution in [0.5, 0.6) is 0 Å². The molecular formula is C9H13F7S. The van der Waals surface area contributed by atoms with Crippen LogP contribution in [0.1, 0.15) is 32.1 Å². The molecule has 0 aliphatic rings. The summed E-state index contributed by atoms with van der Waals surface area (Å²) in [7, 11) is 0. The van der Waals surface area contributed by atoms with Crippen LogP contribution in [0.4, 0.5) is 30.7 Å². The van der Waals surface area contributed by atoms with E-state index in [0.29, 0.717) is 18.6 Å². The van der Waals surface area contributed by atoms with E-state index in [0.717, 1.165) is 0 Å². The van der Waals surface area contributed by atoms with E-state index in [1.54, 1.807) is 0 Å². The Bertz CT molecular complexity index is 206. The SMILES string of the molecule is FC(F)(F)C(F)(CCCCCCS)C(F)(F)F. The monoisotopic (exact) mass is 286 g/mol. The number of unbranched alkanes of at least 4 members (excludes halogenated alkanes) is 3. The van der Waals surface area contributed by atoms with Crippen molar-refractivity contribution < 1.29 is 30.7 Å². The van der Waals surface area contributed by atoms with Crippen molar-refractivity contribution in [2.75, 3.05) is 5.75 Å². The van der Waals surface area contributed by atoms with Gasteiger partial charge in [0.2, 0.25) is 0 Å². The number of hydrogen-bond acceptors (Lipinski definition) is 1. The first-order valence-electron chi connectivity index (χ1n) is 4.99. The number of halogens is 7. The molecule has 8 heteroatoms. The largest absolute Gasteiger partial charge is 0.431 e. The Morgan fingerprint density at radius 3 is 1.41 bits per heavy atom. The van der Waals surface area contributed by atoms with Gasteiger partial charge in [0, 0.05) is 0 Å². The van der Waals surface area contributed by atoms with Crippen LogP contribution in [0.3, 0.4) is 0 Å². The van der Waals surface area contributed by atoms with Gasteiger partial charge in [-0.05, 0) is 25.0 Å². The van der Waals surface area contributed by atoms with Crippen LogP contribution >= 0.6 is 12.6 Å². The molecule has 0 amide bonds. The molecule has 0 aliphatic heterocycles. The molecular weight excluding hydrogens is 273 g/mol. The lowest BCUT2D eigenvalue weighted by atomic mass is 9.96. The van der Waals surface area contributed by atoms with Crippen LogP contribution in [0.25, 0.3) is 0 Å². The van der Waals surface area contributed by atoms with E-state index in [1.165, 1.54) is 0 Å². The third kappa shape index (κ3) is 4.56. The van der Waals surface area contributed by atoms with Gasteiger partial charge in [0.1, 0.15) is 0 Å². The second-order valence-corrected chi connectivity index (χ2v) is 4.13. The Balaban J connectivity index is 4.44.